The van der Waals surface area contributed by atoms with Gasteiger partial charge >= 0.3 is 0 Å². The molecule has 0 saturated carbocycles. The number of para-hydroxylation sites is 1. The molecule has 0 radical (unpaired) electrons. The number of thiol groups is 1. The van der Waals surface area contributed by atoms with E-state index < -0.39 is 0 Å². The summed E-state index contributed by atoms with van der Waals surface area (Å²) in [5, 5.41) is 0. The lowest BCUT2D eigenvalue weighted by Gasteiger charge is -2.11. The van der Waals surface area contributed by atoms with Crippen LogP contribution in [-0.4, -0.2) is 19.5 Å². The maximum Gasteiger partial charge on any atom is 0.175 e. The molecule has 14 heavy (non-hydrogen) atoms. The lowest BCUT2D eigenvalue weighted by atomic mass is 10.3. The van der Waals surface area contributed by atoms with Gasteiger partial charge in [-0.1, -0.05) is 6.07 Å². The van der Waals surface area contributed by atoms with Crippen LogP contribution in [0.15, 0.2) is 22.7 Å². The fourth-order valence-electron chi connectivity index (χ4n) is 1.03. The average Bonchev–Trinajstić information content (AvgIpc) is 2.20. The van der Waals surface area contributed by atoms with Crippen LogP contribution in [-0.2, 0) is 0 Å². The molecule has 0 heterocycles. The van der Waals surface area contributed by atoms with Crippen molar-refractivity contribution in [1.29, 1.82) is 0 Å². The highest BCUT2D eigenvalue weighted by molar-refractivity contribution is 9.10. The normalized spacial score (nSPS) is 9.93. The summed E-state index contributed by atoms with van der Waals surface area (Å²) in [5.41, 5.74) is 0. The monoisotopic (exact) mass is 276 g/mol. The van der Waals surface area contributed by atoms with Crippen molar-refractivity contribution < 1.29 is 9.47 Å². The molecule has 0 bridgehead atoms. The van der Waals surface area contributed by atoms with Gasteiger partial charge in [-0.25, -0.2) is 0 Å². The second-order valence-corrected chi connectivity index (χ2v) is 4.00. The Kier molecular flexibility index (Phi) is 5.19. The third kappa shape index (κ3) is 3.10. The van der Waals surface area contributed by atoms with Crippen molar-refractivity contribution in [1.82, 2.24) is 0 Å². The van der Waals surface area contributed by atoms with Crippen LogP contribution in [0.4, 0.5) is 0 Å². The molecule has 0 N–H and O–H groups in total. The predicted molar refractivity (Wildman–Crippen MR) is 64.7 cm³/mol. The molecular formula is C10H13BrO2S. The lowest BCUT2D eigenvalue weighted by molar-refractivity contribution is 0.293. The summed E-state index contributed by atoms with van der Waals surface area (Å²) in [7, 11) is 1.63. The van der Waals surface area contributed by atoms with E-state index in [9.17, 15) is 0 Å². The average molecular weight is 277 g/mol. The van der Waals surface area contributed by atoms with Crippen LogP contribution in [0.1, 0.15) is 6.42 Å². The summed E-state index contributed by atoms with van der Waals surface area (Å²) in [6.45, 7) is 0.655. The molecular weight excluding hydrogens is 264 g/mol. The minimum Gasteiger partial charge on any atom is -0.493 e. The van der Waals surface area contributed by atoms with E-state index in [-0.39, 0.29) is 0 Å². The quantitative estimate of drug-likeness (QED) is 0.658. The number of rotatable bonds is 5. The molecule has 1 aromatic carbocycles. The molecule has 2 nitrogen and oxygen atoms in total. The third-order valence-corrected chi connectivity index (χ3v) is 2.64. The summed E-state index contributed by atoms with van der Waals surface area (Å²) in [4.78, 5) is 0. The number of methoxy groups -OCH3 is 1. The molecule has 0 aliphatic heterocycles. The van der Waals surface area contributed by atoms with Crippen molar-refractivity contribution in [2.24, 2.45) is 0 Å². The van der Waals surface area contributed by atoms with Gasteiger partial charge in [0.05, 0.1) is 18.2 Å². The van der Waals surface area contributed by atoms with Crippen LogP contribution in [0.3, 0.4) is 0 Å². The van der Waals surface area contributed by atoms with Crippen LogP contribution < -0.4 is 9.47 Å². The van der Waals surface area contributed by atoms with Crippen LogP contribution >= 0.6 is 28.6 Å². The molecule has 0 fully saturated rings. The van der Waals surface area contributed by atoms with Gasteiger partial charge in [-0.05, 0) is 40.2 Å². The minimum absolute atomic E-state index is 0.655. The number of ether oxygens (including phenoxy) is 2. The summed E-state index contributed by atoms with van der Waals surface area (Å²) >= 11 is 7.53. The van der Waals surface area contributed by atoms with Gasteiger partial charge < -0.3 is 9.47 Å². The Morgan fingerprint density at radius 1 is 1.43 bits per heavy atom. The molecule has 0 atom stereocenters. The van der Waals surface area contributed by atoms with Crippen molar-refractivity contribution in [3.63, 3.8) is 0 Å². The van der Waals surface area contributed by atoms with E-state index in [2.05, 4.69) is 28.6 Å². The number of hydrogen-bond acceptors (Lipinski definition) is 3. The summed E-state index contributed by atoms with van der Waals surface area (Å²) in [5.74, 6) is 2.34. The number of halogens is 1. The second kappa shape index (κ2) is 6.19. The highest BCUT2D eigenvalue weighted by Gasteiger charge is 2.07. The van der Waals surface area contributed by atoms with Gasteiger partial charge in [0, 0.05) is 0 Å². The minimum atomic E-state index is 0.655. The van der Waals surface area contributed by atoms with Gasteiger partial charge in [0.1, 0.15) is 0 Å². The van der Waals surface area contributed by atoms with Gasteiger partial charge in [-0.2, -0.15) is 12.6 Å². The molecule has 0 aliphatic carbocycles. The van der Waals surface area contributed by atoms with Crippen molar-refractivity contribution in [2.75, 3.05) is 19.5 Å². The fraction of sp³-hybridized carbons (Fsp3) is 0.400. The van der Waals surface area contributed by atoms with E-state index in [1.807, 2.05) is 18.2 Å². The summed E-state index contributed by atoms with van der Waals surface area (Å²) < 4.78 is 11.7. The van der Waals surface area contributed by atoms with E-state index in [1.165, 1.54) is 0 Å². The van der Waals surface area contributed by atoms with Crippen LogP contribution in [0.25, 0.3) is 0 Å². The van der Waals surface area contributed by atoms with E-state index in [1.54, 1.807) is 7.11 Å². The Bertz CT molecular complexity index is 291. The van der Waals surface area contributed by atoms with Gasteiger partial charge in [0.15, 0.2) is 11.5 Å². The maximum atomic E-state index is 5.58. The third-order valence-electron chi connectivity index (χ3n) is 1.70. The number of hydrogen-bond donors (Lipinski definition) is 1. The standard InChI is InChI=1S/C10H13BrO2S/c1-12-9-5-2-4-8(11)10(9)13-6-3-7-14/h2,4-5,14H,3,6-7H2,1H3. The first kappa shape index (κ1) is 11.7. The lowest BCUT2D eigenvalue weighted by Crippen LogP contribution is -2.00. The molecule has 1 aromatic rings. The summed E-state index contributed by atoms with van der Waals surface area (Å²) in [6.07, 6.45) is 0.924. The Morgan fingerprint density at radius 2 is 2.21 bits per heavy atom. The Balaban J connectivity index is 2.72. The van der Waals surface area contributed by atoms with Crippen LogP contribution in [0.2, 0.25) is 0 Å². The van der Waals surface area contributed by atoms with Crippen molar-refractivity contribution in [2.45, 2.75) is 6.42 Å². The molecule has 1 rings (SSSR count). The largest absolute Gasteiger partial charge is 0.493 e. The van der Waals surface area contributed by atoms with Gasteiger partial charge in [-0.3, -0.25) is 0 Å². The zero-order valence-corrected chi connectivity index (χ0v) is 10.5. The Labute approximate surface area is 98.1 Å². The summed E-state index contributed by atoms with van der Waals surface area (Å²) in [6, 6.07) is 5.72. The number of benzene rings is 1. The highest BCUT2D eigenvalue weighted by Crippen LogP contribution is 2.34. The molecule has 0 saturated heterocycles. The smallest absolute Gasteiger partial charge is 0.175 e. The zero-order chi connectivity index (χ0) is 10.4. The molecule has 0 spiro atoms. The maximum absolute atomic E-state index is 5.58. The molecule has 0 unspecified atom stereocenters. The molecule has 4 heteroatoms. The Hall–Kier alpha value is -0.350. The van der Waals surface area contributed by atoms with Crippen molar-refractivity contribution in [3.8, 4) is 11.5 Å². The first-order chi connectivity index (χ1) is 6.79. The molecule has 0 amide bonds. The first-order valence-corrected chi connectivity index (χ1v) is 5.78. The Morgan fingerprint density at radius 3 is 2.86 bits per heavy atom. The van der Waals surface area contributed by atoms with E-state index >= 15 is 0 Å². The first-order valence-electron chi connectivity index (χ1n) is 4.35. The SMILES string of the molecule is COc1cccc(Br)c1OCCCS. The highest BCUT2D eigenvalue weighted by atomic mass is 79.9. The topological polar surface area (TPSA) is 18.5 Å². The second-order valence-electron chi connectivity index (χ2n) is 2.70. The van der Waals surface area contributed by atoms with E-state index in [4.69, 9.17) is 9.47 Å². The molecule has 0 aromatic heterocycles. The van der Waals surface area contributed by atoms with Crippen LogP contribution in [0, 0.1) is 0 Å². The van der Waals surface area contributed by atoms with Crippen molar-refractivity contribution in [3.05, 3.63) is 22.7 Å². The predicted octanol–water partition coefficient (Wildman–Crippen LogP) is 3.16. The molecule has 0 aliphatic rings. The molecule has 78 valence electrons. The van der Waals surface area contributed by atoms with Crippen LogP contribution in [0.5, 0.6) is 11.5 Å². The zero-order valence-electron chi connectivity index (χ0n) is 8.00. The van der Waals surface area contributed by atoms with E-state index in [0.717, 1.165) is 28.1 Å². The van der Waals surface area contributed by atoms with Gasteiger partial charge in [0.25, 0.3) is 0 Å². The fourth-order valence-corrected chi connectivity index (χ4v) is 1.62. The van der Waals surface area contributed by atoms with Crippen molar-refractivity contribution >= 4 is 28.6 Å². The van der Waals surface area contributed by atoms with Gasteiger partial charge in [0.2, 0.25) is 0 Å². The van der Waals surface area contributed by atoms with E-state index in [0.29, 0.717) is 6.61 Å². The van der Waals surface area contributed by atoms with Gasteiger partial charge in [-0.15, -0.1) is 0 Å².